The lowest BCUT2D eigenvalue weighted by Gasteiger charge is -2.17. The number of nitrogens with zero attached hydrogens (tertiary/aromatic N) is 1. The maximum absolute atomic E-state index is 13.7. The minimum atomic E-state index is -1.01. The first-order valence-corrected chi connectivity index (χ1v) is 6.04. The van der Waals surface area contributed by atoms with Crippen molar-refractivity contribution in [2.45, 2.75) is 13.0 Å². The summed E-state index contributed by atoms with van der Waals surface area (Å²) in [4.78, 5) is 9.80. The average molecular weight is 296 g/mol. The molecular formula is C14H11F3N2O2. The van der Waals surface area contributed by atoms with Gasteiger partial charge in [-0.2, -0.15) is 0 Å². The van der Waals surface area contributed by atoms with Gasteiger partial charge in [0.1, 0.15) is 0 Å². The molecule has 110 valence electrons. The van der Waals surface area contributed by atoms with E-state index in [4.69, 9.17) is 0 Å². The van der Waals surface area contributed by atoms with E-state index in [1.165, 1.54) is 25.1 Å². The van der Waals surface area contributed by atoms with E-state index in [9.17, 15) is 23.3 Å². The fourth-order valence-electron chi connectivity index (χ4n) is 1.90. The maximum atomic E-state index is 13.7. The van der Waals surface area contributed by atoms with E-state index in [0.29, 0.717) is 0 Å². The van der Waals surface area contributed by atoms with Crippen molar-refractivity contribution >= 4 is 11.4 Å². The summed E-state index contributed by atoms with van der Waals surface area (Å²) in [5.74, 6) is -2.85. The summed E-state index contributed by atoms with van der Waals surface area (Å²) in [6.07, 6.45) is 0. The van der Waals surface area contributed by atoms with Gasteiger partial charge in [-0.15, -0.1) is 0 Å². The monoisotopic (exact) mass is 296 g/mol. The van der Waals surface area contributed by atoms with Gasteiger partial charge in [0.15, 0.2) is 17.5 Å². The van der Waals surface area contributed by atoms with Crippen LogP contribution in [0, 0.1) is 27.6 Å². The van der Waals surface area contributed by atoms with E-state index in [0.717, 1.165) is 18.2 Å². The van der Waals surface area contributed by atoms with Crippen molar-refractivity contribution in [3.8, 4) is 0 Å². The van der Waals surface area contributed by atoms with Crippen molar-refractivity contribution in [1.29, 1.82) is 0 Å². The molecular weight excluding hydrogens is 285 g/mol. The van der Waals surface area contributed by atoms with Crippen molar-refractivity contribution < 1.29 is 18.1 Å². The Morgan fingerprint density at radius 3 is 2.48 bits per heavy atom. The molecule has 0 aromatic heterocycles. The van der Waals surface area contributed by atoms with Crippen molar-refractivity contribution in [3.63, 3.8) is 0 Å². The van der Waals surface area contributed by atoms with Crippen LogP contribution in [-0.4, -0.2) is 4.92 Å². The Labute approximate surface area is 118 Å². The molecule has 0 heterocycles. The third-order valence-corrected chi connectivity index (χ3v) is 2.98. The highest BCUT2D eigenvalue weighted by molar-refractivity contribution is 5.51. The Morgan fingerprint density at radius 1 is 1.14 bits per heavy atom. The molecule has 0 saturated carbocycles. The molecule has 2 rings (SSSR count). The van der Waals surface area contributed by atoms with E-state index in [1.54, 1.807) is 0 Å². The van der Waals surface area contributed by atoms with E-state index in [2.05, 4.69) is 5.32 Å². The number of benzene rings is 2. The minimum absolute atomic E-state index is 0.0308. The summed E-state index contributed by atoms with van der Waals surface area (Å²) in [7, 11) is 0. The van der Waals surface area contributed by atoms with E-state index >= 15 is 0 Å². The van der Waals surface area contributed by atoms with Crippen LogP contribution in [0.3, 0.4) is 0 Å². The van der Waals surface area contributed by atoms with E-state index < -0.39 is 28.4 Å². The van der Waals surface area contributed by atoms with Gasteiger partial charge in [0.25, 0.3) is 5.69 Å². The van der Waals surface area contributed by atoms with Crippen LogP contribution in [0.5, 0.6) is 0 Å². The Morgan fingerprint density at radius 2 is 1.86 bits per heavy atom. The van der Waals surface area contributed by atoms with Gasteiger partial charge in [0.2, 0.25) is 0 Å². The molecule has 2 aromatic rings. The van der Waals surface area contributed by atoms with Crippen molar-refractivity contribution in [2.24, 2.45) is 0 Å². The van der Waals surface area contributed by atoms with Crippen molar-refractivity contribution in [3.05, 3.63) is 69.5 Å². The molecule has 0 bridgehead atoms. The lowest BCUT2D eigenvalue weighted by atomic mass is 10.1. The number of non-ortho nitro benzene ring substituents is 1. The molecule has 4 nitrogen and oxygen atoms in total. The van der Waals surface area contributed by atoms with Gasteiger partial charge in [0, 0.05) is 11.6 Å². The topological polar surface area (TPSA) is 55.2 Å². The number of rotatable bonds is 4. The number of hydrogen-bond donors (Lipinski definition) is 1. The summed E-state index contributed by atoms with van der Waals surface area (Å²) in [5.41, 5.74) is -0.382. The molecule has 0 aliphatic carbocycles. The number of hydrogen-bond acceptors (Lipinski definition) is 3. The molecule has 0 spiro atoms. The van der Waals surface area contributed by atoms with Gasteiger partial charge in [0.05, 0.1) is 22.7 Å². The molecule has 0 saturated heterocycles. The fraction of sp³-hybridized carbons (Fsp3) is 0.143. The molecule has 2 aromatic carbocycles. The Balaban J connectivity index is 2.25. The van der Waals surface area contributed by atoms with Gasteiger partial charge in [-0.3, -0.25) is 10.1 Å². The van der Waals surface area contributed by atoms with Crippen LogP contribution < -0.4 is 5.32 Å². The molecule has 7 heteroatoms. The van der Waals surface area contributed by atoms with Crippen molar-refractivity contribution in [1.82, 2.24) is 0 Å². The molecule has 0 radical (unpaired) electrons. The summed E-state index contributed by atoms with van der Waals surface area (Å²) < 4.78 is 40.5. The zero-order chi connectivity index (χ0) is 15.6. The highest BCUT2D eigenvalue weighted by Crippen LogP contribution is 2.26. The molecule has 0 aliphatic heterocycles. The van der Waals surface area contributed by atoms with Gasteiger partial charge < -0.3 is 5.32 Å². The minimum Gasteiger partial charge on any atom is -0.376 e. The van der Waals surface area contributed by atoms with Gasteiger partial charge in [-0.1, -0.05) is 12.1 Å². The number of nitro groups is 1. The average Bonchev–Trinajstić information content (AvgIpc) is 2.43. The van der Waals surface area contributed by atoms with Crippen LogP contribution in [0.15, 0.2) is 36.4 Å². The highest BCUT2D eigenvalue weighted by Gasteiger charge is 2.17. The lowest BCUT2D eigenvalue weighted by molar-refractivity contribution is -0.385. The summed E-state index contributed by atoms with van der Waals surface area (Å²) in [6, 6.07) is 6.06. The zero-order valence-corrected chi connectivity index (χ0v) is 10.9. The number of halogens is 3. The van der Waals surface area contributed by atoms with Crippen molar-refractivity contribution in [2.75, 3.05) is 5.32 Å². The lowest BCUT2D eigenvalue weighted by Crippen LogP contribution is -2.10. The standard InChI is InChI=1S/C14H11F3N2O2/c1-8(10-3-2-4-11(15)14(10)17)18-13-6-5-9(19(20)21)7-12(13)16/h2-8,18H,1H3. The third kappa shape index (κ3) is 3.13. The van der Waals surface area contributed by atoms with Gasteiger partial charge in [-0.05, 0) is 19.1 Å². The van der Waals surface area contributed by atoms with Crippen LogP contribution in [0.2, 0.25) is 0 Å². The normalized spacial score (nSPS) is 12.0. The first-order valence-electron chi connectivity index (χ1n) is 6.04. The second-order valence-electron chi connectivity index (χ2n) is 4.43. The largest absolute Gasteiger partial charge is 0.376 e. The molecule has 0 amide bonds. The Kier molecular flexibility index (Phi) is 4.11. The maximum Gasteiger partial charge on any atom is 0.272 e. The van der Waals surface area contributed by atoms with E-state index in [-0.39, 0.29) is 16.9 Å². The fourth-order valence-corrected chi connectivity index (χ4v) is 1.90. The van der Waals surface area contributed by atoms with Crippen LogP contribution in [0.4, 0.5) is 24.5 Å². The van der Waals surface area contributed by atoms with Gasteiger partial charge >= 0.3 is 0 Å². The molecule has 1 atom stereocenters. The highest BCUT2D eigenvalue weighted by atomic mass is 19.2. The first-order chi connectivity index (χ1) is 9.90. The molecule has 1 N–H and O–H groups in total. The predicted octanol–water partition coefficient (Wildman–Crippen LogP) is 4.19. The molecule has 21 heavy (non-hydrogen) atoms. The van der Waals surface area contributed by atoms with E-state index in [1.807, 2.05) is 0 Å². The Hall–Kier alpha value is -2.57. The zero-order valence-electron chi connectivity index (χ0n) is 10.9. The summed E-state index contributed by atoms with van der Waals surface area (Å²) >= 11 is 0. The third-order valence-electron chi connectivity index (χ3n) is 2.98. The second kappa shape index (κ2) is 5.82. The molecule has 0 aliphatic rings. The smallest absolute Gasteiger partial charge is 0.272 e. The SMILES string of the molecule is CC(Nc1ccc([N+](=O)[O-])cc1F)c1cccc(F)c1F. The summed E-state index contributed by atoms with van der Waals surface area (Å²) in [5, 5.41) is 13.2. The molecule has 1 unspecified atom stereocenters. The van der Waals surface area contributed by atoms with Crippen LogP contribution in [0.25, 0.3) is 0 Å². The Bertz CT molecular complexity index is 692. The summed E-state index contributed by atoms with van der Waals surface area (Å²) in [6.45, 7) is 1.53. The molecule has 0 fully saturated rings. The van der Waals surface area contributed by atoms with Crippen LogP contribution in [-0.2, 0) is 0 Å². The van der Waals surface area contributed by atoms with Gasteiger partial charge in [-0.25, -0.2) is 13.2 Å². The number of nitrogens with one attached hydrogen (secondary N) is 1. The second-order valence-corrected chi connectivity index (χ2v) is 4.43. The first kappa shape index (κ1) is 14.8. The van der Waals surface area contributed by atoms with Crippen LogP contribution in [0.1, 0.15) is 18.5 Å². The number of nitro benzene ring substituents is 1. The quantitative estimate of drug-likeness (QED) is 0.680. The van der Waals surface area contributed by atoms with Crippen LogP contribution >= 0.6 is 0 Å². The number of anilines is 1. The predicted molar refractivity (Wildman–Crippen MR) is 71.5 cm³/mol.